The molecule has 0 radical (unpaired) electrons. The van der Waals surface area contributed by atoms with Gasteiger partial charge in [-0.25, -0.2) is 4.79 Å². The summed E-state index contributed by atoms with van der Waals surface area (Å²) in [7, 11) is 0. The number of nitrogens with zero attached hydrogens (tertiary/aromatic N) is 1. The van der Waals surface area contributed by atoms with Gasteiger partial charge in [-0.2, -0.15) is 0 Å². The smallest absolute Gasteiger partial charge is 0.410 e. The van der Waals surface area contributed by atoms with E-state index in [1.54, 1.807) is 4.90 Å². The van der Waals surface area contributed by atoms with Crippen molar-refractivity contribution in [3.8, 4) is 0 Å². The van der Waals surface area contributed by atoms with Crippen LogP contribution in [-0.4, -0.2) is 42.3 Å². The molecule has 2 heterocycles. The summed E-state index contributed by atoms with van der Waals surface area (Å²) >= 11 is 0. The molecule has 1 spiro atoms. The van der Waals surface area contributed by atoms with Crippen molar-refractivity contribution < 1.29 is 19.1 Å². The molecule has 5 nitrogen and oxygen atoms in total. The van der Waals surface area contributed by atoms with Crippen LogP contribution in [0.2, 0.25) is 0 Å². The van der Waals surface area contributed by atoms with Crippen molar-refractivity contribution in [2.75, 3.05) is 19.7 Å². The normalized spacial score (nSPS) is 22.9. The first-order chi connectivity index (χ1) is 7.32. The highest BCUT2D eigenvalue weighted by Crippen LogP contribution is 2.39. The van der Waals surface area contributed by atoms with Crippen LogP contribution in [0.15, 0.2) is 0 Å². The maximum absolute atomic E-state index is 11.6. The lowest BCUT2D eigenvalue weighted by atomic mass is 9.79. The van der Waals surface area contributed by atoms with Crippen LogP contribution in [0.1, 0.15) is 27.2 Å². The first kappa shape index (κ1) is 11.2. The molecule has 0 aromatic carbocycles. The van der Waals surface area contributed by atoms with Crippen molar-refractivity contribution in [1.29, 1.82) is 0 Å². The standard InChI is InChI=1S/C11H17NO4/c1-10(2,3)16-9(14)12-6-11(7-12)4-5-15-8(11)13/h4-7H2,1-3H3. The number of esters is 1. The Morgan fingerprint density at radius 3 is 2.50 bits per heavy atom. The van der Waals surface area contributed by atoms with Gasteiger partial charge in [0.05, 0.1) is 6.61 Å². The second-order valence-electron chi connectivity index (χ2n) is 5.50. The number of likely N-dealkylation sites (tertiary alicyclic amines) is 1. The maximum atomic E-state index is 11.6. The summed E-state index contributed by atoms with van der Waals surface area (Å²) in [4.78, 5) is 24.6. The number of carbonyl (C=O) groups excluding carboxylic acids is 2. The molecule has 90 valence electrons. The lowest BCUT2D eigenvalue weighted by Crippen LogP contribution is -2.61. The van der Waals surface area contributed by atoms with Crippen molar-refractivity contribution in [1.82, 2.24) is 4.90 Å². The summed E-state index contributed by atoms with van der Waals surface area (Å²) in [5, 5.41) is 0. The minimum absolute atomic E-state index is 0.174. The molecule has 0 atom stereocenters. The first-order valence-electron chi connectivity index (χ1n) is 5.48. The van der Waals surface area contributed by atoms with Crippen LogP contribution in [0.4, 0.5) is 4.79 Å². The second kappa shape index (κ2) is 3.37. The Bertz CT molecular complexity index is 325. The Balaban J connectivity index is 1.88. The van der Waals surface area contributed by atoms with E-state index in [4.69, 9.17) is 9.47 Å². The fourth-order valence-corrected chi connectivity index (χ4v) is 2.02. The predicted octanol–water partition coefficient (Wildman–Crippen LogP) is 1.17. The zero-order valence-corrected chi connectivity index (χ0v) is 9.91. The van der Waals surface area contributed by atoms with Crippen molar-refractivity contribution in [3.05, 3.63) is 0 Å². The van der Waals surface area contributed by atoms with E-state index in [2.05, 4.69) is 0 Å². The van der Waals surface area contributed by atoms with Gasteiger partial charge in [-0.15, -0.1) is 0 Å². The molecule has 2 rings (SSSR count). The largest absolute Gasteiger partial charge is 0.465 e. The van der Waals surface area contributed by atoms with Crippen molar-refractivity contribution in [3.63, 3.8) is 0 Å². The van der Waals surface area contributed by atoms with Gasteiger partial charge in [-0.1, -0.05) is 0 Å². The van der Waals surface area contributed by atoms with E-state index in [1.807, 2.05) is 20.8 Å². The number of ether oxygens (including phenoxy) is 2. The molecule has 5 heteroatoms. The Hall–Kier alpha value is -1.26. The minimum Gasteiger partial charge on any atom is -0.465 e. The van der Waals surface area contributed by atoms with Gasteiger partial charge >= 0.3 is 12.1 Å². The summed E-state index contributed by atoms with van der Waals surface area (Å²) in [5.41, 5.74) is -0.924. The van der Waals surface area contributed by atoms with E-state index in [1.165, 1.54) is 0 Å². The van der Waals surface area contributed by atoms with Gasteiger partial charge in [0, 0.05) is 19.5 Å². The highest BCUT2D eigenvalue weighted by molar-refractivity contribution is 5.83. The summed E-state index contributed by atoms with van der Waals surface area (Å²) < 4.78 is 10.1. The number of hydrogen-bond donors (Lipinski definition) is 0. The molecule has 2 fully saturated rings. The molecule has 2 saturated heterocycles. The van der Waals surface area contributed by atoms with E-state index in [0.29, 0.717) is 26.1 Å². The Labute approximate surface area is 94.7 Å². The molecule has 0 aliphatic carbocycles. The number of cyclic esters (lactones) is 1. The highest BCUT2D eigenvalue weighted by atomic mass is 16.6. The van der Waals surface area contributed by atoms with Gasteiger partial charge in [0.25, 0.3) is 0 Å². The van der Waals surface area contributed by atoms with Crippen molar-refractivity contribution in [2.24, 2.45) is 5.41 Å². The molecule has 2 aliphatic heterocycles. The molecular weight excluding hydrogens is 210 g/mol. The van der Waals surface area contributed by atoms with Gasteiger partial charge in [-0.3, -0.25) is 4.79 Å². The van der Waals surface area contributed by atoms with Gasteiger partial charge in [0.2, 0.25) is 0 Å². The summed E-state index contributed by atoms with van der Waals surface area (Å²) in [6.45, 7) is 6.81. The summed E-state index contributed by atoms with van der Waals surface area (Å²) in [6, 6.07) is 0. The van der Waals surface area contributed by atoms with Gasteiger partial charge < -0.3 is 14.4 Å². The van der Waals surface area contributed by atoms with Crippen LogP contribution in [0.25, 0.3) is 0 Å². The molecule has 1 amide bonds. The van der Waals surface area contributed by atoms with Crippen LogP contribution in [0, 0.1) is 5.41 Å². The average Bonchev–Trinajstić information content (AvgIpc) is 2.40. The highest BCUT2D eigenvalue weighted by Gasteiger charge is 2.55. The molecule has 2 aliphatic rings. The number of amides is 1. The van der Waals surface area contributed by atoms with E-state index in [9.17, 15) is 9.59 Å². The SMILES string of the molecule is CC(C)(C)OC(=O)N1CC2(CCOC2=O)C1. The molecular formula is C11H17NO4. The van der Waals surface area contributed by atoms with Gasteiger partial charge in [0.15, 0.2) is 0 Å². The number of carbonyl (C=O) groups is 2. The fraction of sp³-hybridized carbons (Fsp3) is 0.818. The Morgan fingerprint density at radius 1 is 1.44 bits per heavy atom. The Morgan fingerprint density at radius 2 is 2.06 bits per heavy atom. The van der Waals surface area contributed by atoms with Crippen molar-refractivity contribution in [2.45, 2.75) is 32.8 Å². The van der Waals surface area contributed by atoms with E-state index < -0.39 is 11.0 Å². The lowest BCUT2D eigenvalue weighted by molar-refractivity contribution is -0.153. The molecule has 0 unspecified atom stereocenters. The van der Waals surface area contributed by atoms with Crippen LogP contribution in [-0.2, 0) is 14.3 Å². The van der Waals surface area contributed by atoms with Crippen LogP contribution >= 0.6 is 0 Å². The second-order valence-corrected chi connectivity index (χ2v) is 5.50. The van der Waals surface area contributed by atoms with E-state index >= 15 is 0 Å². The zero-order valence-electron chi connectivity index (χ0n) is 9.91. The number of hydrogen-bond acceptors (Lipinski definition) is 4. The summed E-state index contributed by atoms with van der Waals surface area (Å²) in [5.74, 6) is -0.174. The lowest BCUT2D eigenvalue weighted by Gasteiger charge is -2.44. The third kappa shape index (κ3) is 1.86. The van der Waals surface area contributed by atoms with Crippen LogP contribution in [0.5, 0.6) is 0 Å². The molecule has 0 aromatic heterocycles. The van der Waals surface area contributed by atoms with E-state index in [0.717, 1.165) is 0 Å². The van der Waals surface area contributed by atoms with Crippen LogP contribution < -0.4 is 0 Å². The first-order valence-corrected chi connectivity index (χ1v) is 5.48. The van der Waals surface area contributed by atoms with Gasteiger partial charge in [0.1, 0.15) is 11.0 Å². The zero-order chi connectivity index (χ0) is 12.0. The van der Waals surface area contributed by atoms with Gasteiger partial charge in [-0.05, 0) is 20.8 Å². The monoisotopic (exact) mass is 227 g/mol. The fourth-order valence-electron chi connectivity index (χ4n) is 2.02. The third-order valence-electron chi connectivity index (χ3n) is 2.89. The topological polar surface area (TPSA) is 55.8 Å². The van der Waals surface area contributed by atoms with Crippen LogP contribution in [0.3, 0.4) is 0 Å². The third-order valence-corrected chi connectivity index (χ3v) is 2.89. The molecule has 0 aromatic rings. The quantitative estimate of drug-likeness (QED) is 0.583. The molecule has 0 saturated carbocycles. The van der Waals surface area contributed by atoms with Crippen molar-refractivity contribution >= 4 is 12.1 Å². The van der Waals surface area contributed by atoms with E-state index in [-0.39, 0.29) is 12.1 Å². The Kier molecular flexibility index (Phi) is 2.36. The molecule has 0 N–H and O–H groups in total. The molecule has 16 heavy (non-hydrogen) atoms. The average molecular weight is 227 g/mol. The predicted molar refractivity (Wildman–Crippen MR) is 55.8 cm³/mol. The maximum Gasteiger partial charge on any atom is 0.410 e. The minimum atomic E-state index is -0.490. The summed E-state index contributed by atoms with van der Waals surface area (Å²) in [6.07, 6.45) is 0.364. The molecule has 0 bridgehead atoms. The number of rotatable bonds is 0.